The minimum atomic E-state index is -2.10. The number of carbonyl (C=O) groups is 2. The topological polar surface area (TPSA) is 459 Å². The fourth-order valence-corrected chi connectivity index (χ4v) is 17.7. The number of carbonyl (C=O) groups excluding carboxylic acids is 2. The van der Waals surface area contributed by atoms with E-state index in [1.54, 1.807) is 0 Å². The van der Waals surface area contributed by atoms with Crippen LogP contribution in [0.15, 0.2) is 11.6 Å². The molecule has 0 aromatic carbocycles. The Bertz CT molecular complexity index is 2500. The van der Waals surface area contributed by atoms with Gasteiger partial charge in [-0.15, -0.1) is 0 Å². The van der Waals surface area contributed by atoms with E-state index in [0.29, 0.717) is 32.1 Å². The van der Waals surface area contributed by atoms with Gasteiger partial charge in [-0.1, -0.05) is 46.3 Å². The Morgan fingerprint density at radius 3 is 1.89 bits per heavy atom. The first kappa shape index (κ1) is 68.5. The molecule has 5 aliphatic carbocycles. The molecule has 0 bridgehead atoms. The first-order valence-electron chi connectivity index (χ1n) is 30.8. The van der Waals surface area contributed by atoms with Gasteiger partial charge in [-0.05, 0) is 97.7 Å². The zero-order chi connectivity index (χ0) is 64.3. The fraction of sp³-hybridized carbons (Fsp3) is 0.932. The van der Waals surface area contributed by atoms with Crippen LogP contribution < -0.4 is 0 Å². The predicted molar refractivity (Wildman–Crippen MR) is 291 cm³/mol. The van der Waals surface area contributed by atoms with E-state index in [1.165, 1.54) is 6.92 Å². The predicted octanol–water partition coefficient (Wildman–Crippen LogP) is -4.81. The molecule has 0 radical (unpaired) electrons. The molecule has 5 aliphatic heterocycles. The van der Waals surface area contributed by atoms with Crippen molar-refractivity contribution in [3.05, 3.63) is 11.6 Å². The van der Waals surface area contributed by atoms with Gasteiger partial charge in [-0.25, -0.2) is 0 Å². The van der Waals surface area contributed by atoms with E-state index in [9.17, 15) is 86.5 Å². The van der Waals surface area contributed by atoms with Crippen LogP contribution in [-0.2, 0) is 61.7 Å². The molecule has 5 saturated heterocycles. The lowest BCUT2D eigenvalue weighted by Gasteiger charge is -2.72. The number of hydrogen-bond donors (Lipinski definition) is 16. The van der Waals surface area contributed by atoms with Crippen LogP contribution >= 0.6 is 0 Å². The summed E-state index contributed by atoms with van der Waals surface area (Å²) in [6, 6.07) is 0. The lowest BCUT2D eigenvalue weighted by molar-refractivity contribution is -0.372. The third-order valence-corrected chi connectivity index (χ3v) is 22.9. The molecule has 0 unspecified atom stereocenters. The Hall–Kier alpha value is -2.32. The first-order valence-corrected chi connectivity index (χ1v) is 30.8. The Morgan fingerprint density at radius 1 is 0.602 bits per heavy atom. The van der Waals surface area contributed by atoms with Crippen molar-refractivity contribution < 1.29 is 143 Å². The Balaban J connectivity index is 0.883. The third kappa shape index (κ3) is 11.1. The highest BCUT2D eigenvalue weighted by Gasteiger charge is 2.74. The normalized spacial score (nSPS) is 52.5. The van der Waals surface area contributed by atoms with Gasteiger partial charge >= 0.3 is 11.9 Å². The molecule has 0 aromatic heterocycles. The van der Waals surface area contributed by atoms with Gasteiger partial charge in [0.2, 0.25) is 6.29 Å². The van der Waals surface area contributed by atoms with Crippen LogP contribution in [0.5, 0.6) is 0 Å². The Labute approximate surface area is 508 Å². The minimum absolute atomic E-state index is 0.0624. The van der Waals surface area contributed by atoms with E-state index < -0.39 is 244 Å². The summed E-state index contributed by atoms with van der Waals surface area (Å²) in [6.45, 7) is 8.34. The molecule has 31 atom stereocenters. The largest absolute Gasteiger partial charge is 0.457 e. The first-order chi connectivity index (χ1) is 41.3. The molecule has 4 saturated carbocycles. The van der Waals surface area contributed by atoms with Crippen molar-refractivity contribution in [2.24, 2.45) is 50.2 Å². The summed E-state index contributed by atoms with van der Waals surface area (Å²) < 4.78 is 64.7. The van der Waals surface area contributed by atoms with Crippen LogP contribution in [0.4, 0.5) is 0 Å². The van der Waals surface area contributed by atoms with Gasteiger partial charge in [-0.2, -0.15) is 0 Å². The monoisotopic (exact) mass is 1270 g/mol. The van der Waals surface area contributed by atoms with Crippen LogP contribution in [0.1, 0.15) is 99.8 Å². The third-order valence-electron chi connectivity index (χ3n) is 22.9. The van der Waals surface area contributed by atoms with Gasteiger partial charge < -0.3 is 134 Å². The number of esters is 2. The summed E-state index contributed by atoms with van der Waals surface area (Å²) in [7, 11) is 0. The quantitative estimate of drug-likeness (QED) is 0.0416. The molecule has 10 aliphatic rings. The summed E-state index contributed by atoms with van der Waals surface area (Å²) in [6.07, 6.45) is -33.2. The number of fused-ring (bicyclic) bond motifs is 7. The molecule has 9 fully saturated rings. The zero-order valence-electron chi connectivity index (χ0n) is 50.7. The summed E-state index contributed by atoms with van der Waals surface area (Å²) in [5.74, 6) is -3.22. The van der Waals surface area contributed by atoms with Crippen molar-refractivity contribution in [1.82, 2.24) is 0 Å². The van der Waals surface area contributed by atoms with Crippen molar-refractivity contribution in [2.75, 3.05) is 46.2 Å². The van der Waals surface area contributed by atoms with E-state index in [2.05, 4.69) is 33.8 Å². The molecule has 29 heteroatoms. The molecule has 0 spiro atoms. The molecule has 0 aromatic rings. The molecule has 504 valence electrons. The average Bonchev–Trinajstić information content (AvgIpc) is 0.764. The van der Waals surface area contributed by atoms with Crippen molar-refractivity contribution in [1.29, 1.82) is 0 Å². The second kappa shape index (κ2) is 25.1. The van der Waals surface area contributed by atoms with Gasteiger partial charge in [0.1, 0.15) is 84.3 Å². The molecule has 88 heavy (non-hydrogen) atoms. The van der Waals surface area contributed by atoms with E-state index in [4.69, 9.17) is 52.1 Å². The Morgan fingerprint density at radius 2 is 1.24 bits per heavy atom. The number of hydrogen-bond acceptors (Lipinski definition) is 29. The van der Waals surface area contributed by atoms with E-state index in [-0.39, 0.29) is 30.6 Å². The Kier molecular flexibility index (Phi) is 19.6. The van der Waals surface area contributed by atoms with E-state index >= 15 is 4.79 Å². The summed E-state index contributed by atoms with van der Waals surface area (Å²) in [5, 5.41) is 178. The van der Waals surface area contributed by atoms with Crippen molar-refractivity contribution >= 4 is 11.9 Å². The SMILES string of the molecule is CC(=O)O[C@H]1[C@@H](O)[C@H](O[C@H]2[C@H](OC(=O)[C@]34CCC(C)(C)C[C@H]3C3=CC[C@@H]5[C@@]6(C)C[C@H](O)[C@H](O[C@@H]7O[C@H](CO)[C@@H](O)[C@H](O)[C@H]7O)C(CO)(CO)[C@@H]6CC[C@@]5(C)[C@]3(C)C[C@H]4O)OC[C@H](O)[C@@H]2O)O[C@@H](C)[C@@H]1O[C@@H]1OC[C@@H](O)[C@H](O[C@@H]2OC[C@](O)(CO)[C@H]2O)[C@H]1O. The van der Waals surface area contributed by atoms with Gasteiger partial charge in [-0.3, -0.25) is 9.59 Å². The molecule has 0 amide bonds. The molecular weight excluding hydrogens is 1170 g/mol. The maximum atomic E-state index is 15.5. The second-order valence-corrected chi connectivity index (χ2v) is 28.4. The van der Waals surface area contributed by atoms with Gasteiger partial charge in [0.15, 0.2) is 37.4 Å². The van der Waals surface area contributed by atoms with E-state index in [0.717, 1.165) is 12.5 Å². The lowest BCUT2D eigenvalue weighted by Crippen LogP contribution is -2.71. The molecule has 29 nitrogen and oxygen atoms in total. The van der Waals surface area contributed by atoms with Gasteiger partial charge in [0, 0.05) is 12.3 Å². The maximum Gasteiger partial charge on any atom is 0.317 e. The van der Waals surface area contributed by atoms with Crippen LogP contribution in [0.2, 0.25) is 0 Å². The number of aliphatic hydroxyl groups excluding tert-OH is 15. The summed E-state index contributed by atoms with van der Waals surface area (Å²) >= 11 is 0. The number of allylic oxidation sites excluding steroid dienone is 2. The highest BCUT2D eigenvalue weighted by Crippen LogP contribution is 2.76. The zero-order valence-corrected chi connectivity index (χ0v) is 50.7. The van der Waals surface area contributed by atoms with Crippen molar-refractivity contribution in [3.63, 3.8) is 0 Å². The highest BCUT2D eigenvalue weighted by atomic mass is 16.8. The summed E-state index contributed by atoms with van der Waals surface area (Å²) in [4.78, 5) is 28.2. The molecule has 5 heterocycles. The second-order valence-electron chi connectivity index (χ2n) is 28.4. The number of rotatable bonds is 15. The fourth-order valence-electron chi connectivity index (χ4n) is 17.7. The summed E-state index contributed by atoms with van der Waals surface area (Å²) in [5.41, 5.74) is -6.99. The maximum absolute atomic E-state index is 15.5. The van der Waals surface area contributed by atoms with Crippen LogP contribution in [-0.4, -0.2) is 287 Å². The van der Waals surface area contributed by atoms with Crippen LogP contribution in [0.3, 0.4) is 0 Å². The number of ether oxygens (including phenoxy) is 11. The standard InChI is InChI=1S/C59H94O29/c1-24-41(84-47-39(73)42(30(67)19-78-47)85-51-45(75)58(77,22-63)23-80-51)43(82-25(2)64)40(74)49(81-24)86-44-35(69)29(66)18-79-50(44)88-52(76)59-13-12-53(3,4)14-27(59)26-8-9-32-54(5)15-28(65)46(87-48-38(72)37(71)36(70)31(17-60)83-48)57(20-61,21-62)33(54)10-11-55(32,6)56(26,7)16-34(59)68/h8,24,27-51,60-63,65-75,77H,9-23H2,1-7H3/t24-,27-,28-,29-,30+,31+,32+,33+,34+,35-,36+,37-,38+,39+,40+,41-,42-,43-,44+,45-,46-,47-,48-,49-,50-,51-,54+,55+,56+,58+,59+/m0/s1. The van der Waals surface area contributed by atoms with Crippen LogP contribution in [0, 0.1) is 50.2 Å². The average molecular weight is 1270 g/mol. The van der Waals surface area contributed by atoms with Crippen LogP contribution in [0.25, 0.3) is 0 Å². The van der Waals surface area contributed by atoms with Gasteiger partial charge in [0.05, 0.1) is 70.7 Å². The smallest absolute Gasteiger partial charge is 0.317 e. The highest BCUT2D eigenvalue weighted by molar-refractivity contribution is 5.80. The van der Waals surface area contributed by atoms with E-state index in [1.807, 2.05) is 6.92 Å². The molecule has 10 rings (SSSR count). The lowest BCUT2D eigenvalue weighted by atomic mass is 9.33. The van der Waals surface area contributed by atoms with Crippen molar-refractivity contribution in [3.8, 4) is 0 Å². The van der Waals surface area contributed by atoms with Gasteiger partial charge in [0.25, 0.3) is 0 Å². The van der Waals surface area contributed by atoms with Crippen molar-refractivity contribution in [2.45, 2.75) is 247 Å². The number of aliphatic hydroxyl groups is 16. The minimum Gasteiger partial charge on any atom is -0.457 e. The molecule has 16 N–H and O–H groups in total. The molecular formula is C59H94O29.